The molecule has 4 aromatic rings. The molecular weight excluding hydrogens is 462 g/mol. The highest BCUT2D eigenvalue weighted by Crippen LogP contribution is 2.37. The zero-order valence-electron chi connectivity index (χ0n) is 16.5. The highest BCUT2D eigenvalue weighted by molar-refractivity contribution is 9.10. The smallest absolute Gasteiger partial charge is 0.167 e. The van der Waals surface area contributed by atoms with Crippen LogP contribution in [-0.2, 0) is 13.2 Å². The van der Waals surface area contributed by atoms with E-state index in [1.54, 1.807) is 7.11 Å². The summed E-state index contributed by atoms with van der Waals surface area (Å²) in [7, 11) is 1.65. The van der Waals surface area contributed by atoms with Crippen molar-refractivity contribution in [1.82, 2.24) is 0 Å². The lowest BCUT2D eigenvalue weighted by atomic mass is 10.1. The van der Waals surface area contributed by atoms with Crippen LogP contribution in [0.1, 0.15) is 11.1 Å². The van der Waals surface area contributed by atoms with Crippen molar-refractivity contribution in [3.05, 3.63) is 99.5 Å². The van der Waals surface area contributed by atoms with E-state index in [1.807, 2.05) is 42.5 Å². The number of benzene rings is 4. The van der Waals surface area contributed by atoms with Crippen molar-refractivity contribution in [3.63, 3.8) is 0 Å². The number of hydrogen-bond donors (Lipinski definition) is 1. The Hall–Kier alpha value is -2.69. The SMILES string of the molecule is COc1ccc(Br)c(CNc2cccc3ccccc23)c1OCc1ccc(Cl)cc1. The largest absolute Gasteiger partial charge is 0.493 e. The van der Waals surface area contributed by atoms with Gasteiger partial charge in [0.2, 0.25) is 0 Å². The van der Waals surface area contributed by atoms with E-state index >= 15 is 0 Å². The van der Waals surface area contributed by atoms with Gasteiger partial charge in [-0.2, -0.15) is 0 Å². The Morgan fingerprint density at radius 3 is 2.47 bits per heavy atom. The Morgan fingerprint density at radius 1 is 0.900 bits per heavy atom. The molecule has 30 heavy (non-hydrogen) atoms. The molecule has 0 radical (unpaired) electrons. The molecule has 0 aliphatic carbocycles. The molecule has 3 nitrogen and oxygen atoms in total. The van der Waals surface area contributed by atoms with Crippen molar-refractivity contribution >= 4 is 44.0 Å². The fourth-order valence-electron chi connectivity index (χ4n) is 3.37. The number of ether oxygens (including phenoxy) is 2. The molecule has 1 N–H and O–H groups in total. The highest BCUT2D eigenvalue weighted by Gasteiger charge is 2.15. The minimum atomic E-state index is 0.422. The van der Waals surface area contributed by atoms with Crippen LogP contribution in [0.2, 0.25) is 5.02 Å². The summed E-state index contributed by atoms with van der Waals surface area (Å²) in [5.74, 6) is 1.41. The Labute approximate surface area is 189 Å². The molecule has 0 fully saturated rings. The second-order valence-corrected chi connectivity index (χ2v) is 8.14. The summed E-state index contributed by atoms with van der Waals surface area (Å²) in [5.41, 5.74) is 3.11. The van der Waals surface area contributed by atoms with Crippen molar-refractivity contribution in [3.8, 4) is 11.5 Å². The monoisotopic (exact) mass is 481 g/mol. The van der Waals surface area contributed by atoms with E-state index in [-0.39, 0.29) is 0 Å². The molecule has 152 valence electrons. The third kappa shape index (κ3) is 4.55. The molecule has 4 rings (SSSR count). The van der Waals surface area contributed by atoms with E-state index in [9.17, 15) is 0 Å². The third-order valence-corrected chi connectivity index (χ3v) is 5.92. The average Bonchev–Trinajstić information content (AvgIpc) is 2.78. The van der Waals surface area contributed by atoms with Crippen LogP contribution < -0.4 is 14.8 Å². The number of anilines is 1. The summed E-state index contributed by atoms with van der Waals surface area (Å²) in [5, 5.41) is 6.65. The van der Waals surface area contributed by atoms with Gasteiger partial charge < -0.3 is 14.8 Å². The van der Waals surface area contributed by atoms with Crippen LogP contribution in [0.4, 0.5) is 5.69 Å². The molecule has 0 aromatic heterocycles. The zero-order chi connectivity index (χ0) is 20.9. The van der Waals surface area contributed by atoms with Crippen molar-refractivity contribution in [2.75, 3.05) is 12.4 Å². The van der Waals surface area contributed by atoms with Crippen molar-refractivity contribution in [2.24, 2.45) is 0 Å². The summed E-state index contributed by atoms with van der Waals surface area (Å²) in [6.07, 6.45) is 0. The van der Waals surface area contributed by atoms with E-state index in [4.69, 9.17) is 21.1 Å². The molecule has 0 atom stereocenters. The highest BCUT2D eigenvalue weighted by atomic mass is 79.9. The maximum Gasteiger partial charge on any atom is 0.167 e. The van der Waals surface area contributed by atoms with Gasteiger partial charge in [-0.1, -0.05) is 76.1 Å². The molecule has 5 heteroatoms. The van der Waals surface area contributed by atoms with Crippen LogP contribution >= 0.6 is 27.5 Å². The van der Waals surface area contributed by atoms with Crippen LogP contribution in [0.25, 0.3) is 10.8 Å². The molecule has 0 saturated carbocycles. The Bertz CT molecular complexity index is 1160. The predicted molar refractivity (Wildman–Crippen MR) is 128 cm³/mol. The Kier molecular flexibility index (Phi) is 6.46. The molecule has 0 unspecified atom stereocenters. The van der Waals surface area contributed by atoms with Gasteiger partial charge in [0.1, 0.15) is 6.61 Å². The van der Waals surface area contributed by atoms with Crippen LogP contribution in [-0.4, -0.2) is 7.11 Å². The van der Waals surface area contributed by atoms with Gasteiger partial charge in [0.25, 0.3) is 0 Å². The molecule has 0 bridgehead atoms. The second kappa shape index (κ2) is 9.41. The van der Waals surface area contributed by atoms with Gasteiger partial charge in [-0.05, 0) is 41.3 Å². The van der Waals surface area contributed by atoms with E-state index < -0.39 is 0 Å². The van der Waals surface area contributed by atoms with Gasteiger partial charge in [0.05, 0.1) is 7.11 Å². The molecule has 0 spiro atoms. The number of hydrogen-bond acceptors (Lipinski definition) is 3. The lowest BCUT2D eigenvalue weighted by Gasteiger charge is -2.18. The van der Waals surface area contributed by atoms with Crippen LogP contribution in [0, 0.1) is 0 Å². The van der Waals surface area contributed by atoms with Crippen molar-refractivity contribution in [1.29, 1.82) is 0 Å². The number of rotatable bonds is 7. The Morgan fingerprint density at radius 2 is 1.67 bits per heavy atom. The molecule has 0 amide bonds. The summed E-state index contributed by atoms with van der Waals surface area (Å²) < 4.78 is 12.7. The van der Waals surface area contributed by atoms with Crippen LogP contribution in [0.15, 0.2) is 83.3 Å². The number of methoxy groups -OCH3 is 1. The van der Waals surface area contributed by atoms with Gasteiger partial charge in [-0.3, -0.25) is 0 Å². The second-order valence-electron chi connectivity index (χ2n) is 6.85. The molecule has 0 aliphatic heterocycles. The normalized spacial score (nSPS) is 10.8. The average molecular weight is 483 g/mol. The molecular formula is C25H21BrClNO2. The third-order valence-electron chi connectivity index (χ3n) is 4.93. The first-order valence-electron chi connectivity index (χ1n) is 9.60. The number of halogens is 2. The number of fused-ring (bicyclic) bond motifs is 1. The standard InChI is InChI=1S/C25H21BrClNO2/c1-29-24-14-13-22(26)21(25(24)30-16-17-9-11-19(27)12-10-17)15-28-23-8-4-6-18-5-2-3-7-20(18)23/h2-14,28H,15-16H2,1H3. The molecule has 0 saturated heterocycles. The first-order valence-corrected chi connectivity index (χ1v) is 10.8. The van der Waals surface area contributed by atoms with Gasteiger partial charge in [-0.25, -0.2) is 0 Å². The van der Waals surface area contributed by atoms with E-state index in [2.05, 4.69) is 57.6 Å². The van der Waals surface area contributed by atoms with E-state index in [0.717, 1.165) is 27.0 Å². The molecule has 0 aliphatic rings. The topological polar surface area (TPSA) is 30.5 Å². The summed E-state index contributed by atoms with van der Waals surface area (Å²) in [6.45, 7) is 1.01. The summed E-state index contributed by atoms with van der Waals surface area (Å²) in [4.78, 5) is 0. The van der Waals surface area contributed by atoms with Gasteiger partial charge in [0.15, 0.2) is 11.5 Å². The molecule has 0 heterocycles. The quantitative estimate of drug-likeness (QED) is 0.296. The van der Waals surface area contributed by atoms with E-state index in [0.29, 0.717) is 23.9 Å². The minimum Gasteiger partial charge on any atom is -0.493 e. The predicted octanol–water partition coefficient (Wildman–Crippen LogP) is 7.46. The van der Waals surface area contributed by atoms with Crippen LogP contribution in [0.3, 0.4) is 0 Å². The molecule has 4 aromatic carbocycles. The van der Waals surface area contributed by atoms with Crippen molar-refractivity contribution in [2.45, 2.75) is 13.2 Å². The summed E-state index contributed by atoms with van der Waals surface area (Å²) >= 11 is 9.66. The van der Waals surface area contributed by atoms with Gasteiger partial charge >= 0.3 is 0 Å². The minimum absolute atomic E-state index is 0.422. The lowest BCUT2D eigenvalue weighted by Crippen LogP contribution is -2.06. The first-order chi connectivity index (χ1) is 14.7. The van der Waals surface area contributed by atoms with Crippen LogP contribution in [0.5, 0.6) is 11.5 Å². The summed E-state index contributed by atoms with van der Waals surface area (Å²) in [6, 6.07) is 26.1. The fraction of sp³-hybridized carbons (Fsp3) is 0.120. The zero-order valence-corrected chi connectivity index (χ0v) is 18.8. The van der Waals surface area contributed by atoms with Gasteiger partial charge in [-0.15, -0.1) is 0 Å². The van der Waals surface area contributed by atoms with Gasteiger partial charge in [0, 0.05) is 32.7 Å². The maximum atomic E-state index is 6.20. The first kappa shape index (κ1) is 20.6. The van der Waals surface area contributed by atoms with E-state index in [1.165, 1.54) is 10.8 Å². The fourth-order valence-corrected chi connectivity index (χ4v) is 3.94. The van der Waals surface area contributed by atoms with Crippen molar-refractivity contribution < 1.29 is 9.47 Å². The number of nitrogens with one attached hydrogen (secondary N) is 1. The maximum absolute atomic E-state index is 6.20. The Balaban J connectivity index is 1.61. The lowest BCUT2D eigenvalue weighted by molar-refractivity contribution is 0.281.